The Labute approximate surface area is 122 Å². The minimum absolute atomic E-state index is 0.306. The van der Waals surface area contributed by atoms with Crippen molar-refractivity contribution in [1.82, 2.24) is 9.38 Å². The Morgan fingerprint density at radius 2 is 2.45 bits per heavy atom. The summed E-state index contributed by atoms with van der Waals surface area (Å²) in [5.74, 6) is 3.93. The molecule has 2 aromatic heterocycles. The average molecular weight is 290 g/mol. The number of fused-ring (bicyclic) bond motifs is 1. The molecule has 1 saturated heterocycles. The minimum atomic E-state index is -0.306. The number of hydrogen-bond donors (Lipinski definition) is 0. The normalized spacial score (nSPS) is 19.1. The zero-order chi connectivity index (χ0) is 13.9. The predicted octanol–water partition coefficient (Wildman–Crippen LogP) is 2.81. The van der Waals surface area contributed by atoms with Crippen LogP contribution < -0.4 is 0 Å². The summed E-state index contributed by atoms with van der Waals surface area (Å²) in [4.78, 5) is 16.1. The van der Waals surface area contributed by atoms with Crippen LogP contribution in [0, 0.1) is 5.92 Å². The molecule has 1 unspecified atom stereocenters. The van der Waals surface area contributed by atoms with E-state index in [-0.39, 0.29) is 5.97 Å². The van der Waals surface area contributed by atoms with E-state index < -0.39 is 0 Å². The molecule has 1 atom stereocenters. The van der Waals surface area contributed by atoms with Gasteiger partial charge in [-0.15, -0.1) is 0 Å². The summed E-state index contributed by atoms with van der Waals surface area (Å²) < 4.78 is 6.79. The SMILES string of the molecule is COC(=O)c1ccc2cnc(CC3CCCSC3)n2c1. The fraction of sp³-hybridized carbons (Fsp3) is 0.467. The Morgan fingerprint density at radius 3 is 3.20 bits per heavy atom. The number of hydrogen-bond acceptors (Lipinski definition) is 4. The maximum atomic E-state index is 11.6. The molecule has 0 aromatic carbocycles. The van der Waals surface area contributed by atoms with E-state index in [4.69, 9.17) is 4.74 Å². The number of carbonyl (C=O) groups excluding carboxylic acids is 1. The number of pyridine rings is 1. The van der Waals surface area contributed by atoms with E-state index in [0.717, 1.165) is 17.8 Å². The lowest BCUT2D eigenvalue weighted by Crippen LogP contribution is -2.15. The Morgan fingerprint density at radius 1 is 1.55 bits per heavy atom. The molecule has 0 spiro atoms. The van der Waals surface area contributed by atoms with E-state index in [1.807, 2.05) is 34.6 Å². The molecule has 3 heterocycles. The van der Waals surface area contributed by atoms with Crippen molar-refractivity contribution < 1.29 is 9.53 Å². The standard InChI is InChI=1S/C15H18N2O2S/c1-19-15(18)12-4-5-13-8-16-14(17(13)9-12)7-11-3-2-6-20-10-11/h4-5,8-9,11H,2-3,6-7,10H2,1H3. The maximum absolute atomic E-state index is 11.6. The second-order valence-electron chi connectivity index (χ2n) is 5.17. The highest BCUT2D eigenvalue weighted by Crippen LogP contribution is 2.25. The number of imidazole rings is 1. The molecule has 1 aliphatic rings. The number of methoxy groups -OCH3 is 1. The van der Waals surface area contributed by atoms with Crippen LogP contribution in [-0.4, -0.2) is 34.0 Å². The van der Waals surface area contributed by atoms with Crippen LogP contribution in [0.5, 0.6) is 0 Å². The highest BCUT2D eigenvalue weighted by Gasteiger charge is 2.17. The van der Waals surface area contributed by atoms with Crippen LogP contribution in [0.15, 0.2) is 24.5 Å². The van der Waals surface area contributed by atoms with Crippen LogP contribution in [0.1, 0.15) is 29.0 Å². The first-order valence-corrected chi connectivity index (χ1v) is 8.05. The average Bonchev–Trinajstić information content (AvgIpc) is 2.90. The summed E-state index contributed by atoms with van der Waals surface area (Å²) in [6.45, 7) is 0. The quantitative estimate of drug-likeness (QED) is 0.815. The summed E-state index contributed by atoms with van der Waals surface area (Å²) >= 11 is 2.03. The molecule has 0 N–H and O–H groups in total. The molecule has 0 radical (unpaired) electrons. The van der Waals surface area contributed by atoms with Gasteiger partial charge in [-0.25, -0.2) is 9.78 Å². The fourth-order valence-electron chi connectivity index (χ4n) is 2.66. The first-order valence-electron chi connectivity index (χ1n) is 6.90. The molecule has 0 bridgehead atoms. The van der Waals surface area contributed by atoms with Crippen molar-refractivity contribution in [1.29, 1.82) is 0 Å². The van der Waals surface area contributed by atoms with Crippen molar-refractivity contribution >= 4 is 23.2 Å². The van der Waals surface area contributed by atoms with Gasteiger partial charge in [0.2, 0.25) is 0 Å². The number of thioether (sulfide) groups is 1. The number of ether oxygens (including phenoxy) is 1. The monoisotopic (exact) mass is 290 g/mol. The topological polar surface area (TPSA) is 43.6 Å². The van der Waals surface area contributed by atoms with Gasteiger partial charge in [-0.05, 0) is 42.4 Å². The van der Waals surface area contributed by atoms with Gasteiger partial charge < -0.3 is 9.14 Å². The lowest BCUT2D eigenvalue weighted by atomic mass is 10.0. The molecule has 3 rings (SSSR count). The molecular formula is C15H18N2O2S. The fourth-order valence-corrected chi connectivity index (χ4v) is 3.82. The molecule has 0 saturated carbocycles. The van der Waals surface area contributed by atoms with Crippen molar-refractivity contribution in [2.24, 2.45) is 5.92 Å². The van der Waals surface area contributed by atoms with E-state index in [1.165, 1.54) is 31.5 Å². The van der Waals surface area contributed by atoms with E-state index in [1.54, 1.807) is 6.07 Å². The third-order valence-electron chi connectivity index (χ3n) is 3.75. The smallest absolute Gasteiger partial charge is 0.339 e. The molecule has 20 heavy (non-hydrogen) atoms. The van der Waals surface area contributed by atoms with Crippen molar-refractivity contribution in [3.8, 4) is 0 Å². The summed E-state index contributed by atoms with van der Waals surface area (Å²) in [5, 5.41) is 0. The van der Waals surface area contributed by atoms with Crippen molar-refractivity contribution in [2.45, 2.75) is 19.3 Å². The zero-order valence-electron chi connectivity index (χ0n) is 11.5. The Hall–Kier alpha value is -1.49. The molecule has 1 fully saturated rings. The van der Waals surface area contributed by atoms with Gasteiger partial charge in [0.15, 0.2) is 0 Å². The lowest BCUT2D eigenvalue weighted by molar-refractivity contribution is 0.0600. The van der Waals surface area contributed by atoms with Crippen molar-refractivity contribution in [3.05, 3.63) is 35.9 Å². The molecule has 4 nitrogen and oxygen atoms in total. The number of nitrogens with zero attached hydrogens (tertiary/aromatic N) is 2. The minimum Gasteiger partial charge on any atom is -0.465 e. The Bertz CT molecular complexity index is 617. The molecular weight excluding hydrogens is 272 g/mol. The number of aromatic nitrogens is 2. The Balaban J connectivity index is 1.88. The van der Waals surface area contributed by atoms with Gasteiger partial charge in [0.25, 0.3) is 0 Å². The second-order valence-corrected chi connectivity index (χ2v) is 6.32. The lowest BCUT2D eigenvalue weighted by Gasteiger charge is -2.20. The molecule has 1 aliphatic heterocycles. The third-order valence-corrected chi connectivity index (χ3v) is 5.04. The van der Waals surface area contributed by atoms with Gasteiger partial charge >= 0.3 is 5.97 Å². The molecule has 106 valence electrons. The molecule has 2 aromatic rings. The third kappa shape index (κ3) is 2.68. The number of carbonyl (C=O) groups is 1. The predicted molar refractivity (Wildman–Crippen MR) is 80.3 cm³/mol. The van der Waals surface area contributed by atoms with E-state index >= 15 is 0 Å². The van der Waals surface area contributed by atoms with Gasteiger partial charge in [0, 0.05) is 12.6 Å². The van der Waals surface area contributed by atoms with Gasteiger partial charge in [-0.1, -0.05) is 0 Å². The highest BCUT2D eigenvalue weighted by atomic mass is 32.2. The number of rotatable bonds is 3. The zero-order valence-corrected chi connectivity index (χ0v) is 12.4. The summed E-state index contributed by atoms with van der Waals surface area (Å²) in [5.41, 5.74) is 1.59. The van der Waals surface area contributed by atoms with Crippen LogP contribution in [0.3, 0.4) is 0 Å². The Kier molecular flexibility index (Phi) is 3.96. The van der Waals surface area contributed by atoms with Gasteiger partial charge in [0.1, 0.15) is 5.82 Å². The van der Waals surface area contributed by atoms with E-state index in [0.29, 0.717) is 11.5 Å². The van der Waals surface area contributed by atoms with Crippen LogP contribution in [0.4, 0.5) is 0 Å². The summed E-state index contributed by atoms with van der Waals surface area (Å²) in [6, 6.07) is 3.70. The van der Waals surface area contributed by atoms with Gasteiger partial charge in [-0.3, -0.25) is 0 Å². The maximum Gasteiger partial charge on any atom is 0.339 e. The summed E-state index contributed by atoms with van der Waals surface area (Å²) in [6.07, 6.45) is 7.25. The summed E-state index contributed by atoms with van der Waals surface area (Å²) in [7, 11) is 1.40. The van der Waals surface area contributed by atoms with Gasteiger partial charge in [-0.2, -0.15) is 11.8 Å². The van der Waals surface area contributed by atoms with Crippen LogP contribution >= 0.6 is 11.8 Å². The van der Waals surface area contributed by atoms with Gasteiger partial charge in [0.05, 0.1) is 24.4 Å². The van der Waals surface area contributed by atoms with E-state index in [9.17, 15) is 4.79 Å². The number of esters is 1. The molecule has 0 aliphatic carbocycles. The second kappa shape index (κ2) is 5.87. The van der Waals surface area contributed by atoms with Crippen molar-refractivity contribution in [2.75, 3.05) is 18.6 Å². The van der Waals surface area contributed by atoms with Crippen LogP contribution in [0.25, 0.3) is 5.52 Å². The van der Waals surface area contributed by atoms with Crippen LogP contribution in [-0.2, 0) is 11.2 Å². The van der Waals surface area contributed by atoms with Crippen molar-refractivity contribution in [3.63, 3.8) is 0 Å². The first-order chi connectivity index (χ1) is 9.78. The first kappa shape index (κ1) is 13.5. The largest absolute Gasteiger partial charge is 0.465 e. The van der Waals surface area contributed by atoms with E-state index in [2.05, 4.69) is 4.98 Å². The molecule has 5 heteroatoms. The van der Waals surface area contributed by atoms with Crippen LogP contribution in [0.2, 0.25) is 0 Å². The highest BCUT2D eigenvalue weighted by molar-refractivity contribution is 7.99. The molecule has 0 amide bonds.